The lowest BCUT2D eigenvalue weighted by Gasteiger charge is -2.25. The summed E-state index contributed by atoms with van der Waals surface area (Å²) in [5.74, 6) is 0.451. The minimum Gasteiger partial charge on any atom is -0.264 e. The summed E-state index contributed by atoms with van der Waals surface area (Å²) in [7, 11) is -3.26. The van der Waals surface area contributed by atoms with Crippen LogP contribution in [0, 0.1) is 0 Å². The van der Waals surface area contributed by atoms with E-state index in [0.717, 1.165) is 5.56 Å². The van der Waals surface area contributed by atoms with E-state index >= 15 is 0 Å². The molecule has 4 nitrogen and oxygen atoms in total. The molecule has 0 atom stereocenters. The maximum absolute atomic E-state index is 12.2. The van der Waals surface area contributed by atoms with E-state index in [9.17, 15) is 8.42 Å². The molecule has 1 heterocycles. The number of pyridine rings is 1. The molecule has 0 aliphatic rings. The van der Waals surface area contributed by atoms with Crippen molar-refractivity contribution in [1.82, 2.24) is 9.29 Å². The SMILES string of the molecule is CC(C)N(Cc1cccnc1)S(=O)(=O)CCCCl. The van der Waals surface area contributed by atoms with Gasteiger partial charge in [-0.2, -0.15) is 4.31 Å². The Bertz CT molecular complexity index is 448. The summed E-state index contributed by atoms with van der Waals surface area (Å²) in [6, 6.07) is 3.60. The van der Waals surface area contributed by atoms with Crippen molar-refractivity contribution in [3.05, 3.63) is 30.1 Å². The number of alkyl halides is 1. The zero-order valence-corrected chi connectivity index (χ0v) is 12.3. The second-order valence-electron chi connectivity index (χ2n) is 4.36. The van der Waals surface area contributed by atoms with Crippen molar-refractivity contribution in [3.63, 3.8) is 0 Å². The van der Waals surface area contributed by atoms with E-state index in [4.69, 9.17) is 11.6 Å². The summed E-state index contributed by atoms with van der Waals surface area (Å²) in [6.07, 6.45) is 3.83. The van der Waals surface area contributed by atoms with Gasteiger partial charge in [0.2, 0.25) is 10.0 Å². The van der Waals surface area contributed by atoms with Crippen LogP contribution in [0.1, 0.15) is 25.8 Å². The van der Waals surface area contributed by atoms with Gasteiger partial charge in [0, 0.05) is 30.9 Å². The molecule has 0 spiro atoms. The fourth-order valence-corrected chi connectivity index (χ4v) is 3.65. The van der Waals surface area contributed by atoms with Crippen LogP contribution in [-0.2, 0) is 16.6 Å². The number of aromatic nitrogens is 1. The molecule has 6 heteroatoms. The van der Waals surface area contributed by atoms with Crippen molar-refractivity contribution in [2.75, 3.05) is 11.6 Å². The lowest BCUT2D eigenvalue weighted by molar-refractivity contribution is 0.347. The highest BCUT2D eigenvalue weighted by atomic mass is 35.5. The zero-order valence-electron chi connectivity index (χ0n) is 10.7. The highest BCUT2D eigenvalue weighted by Crippen LogP contribution is 2.14. The molecule has 0 aromatic carbocycles. The topological polar surface area (TPSA) is 50.3 Å². The van der Waals surface area contributed by atoms with Gasteiger partial charge in [-0.15, -0.1) is 11.6 Å². The predicted molar refractivity (Wildman–Crippen MR) is 74.0 cm³/mol. The van der Waals surface area contributed by atoms with E-state index in [1.807, 2.05) is 19.9 Å². The molecule has 0 bridgehead atoms. The molecule has 102 valence electrons. The van der Waals surface area contributed by atoms with Crippen LogP contribution >= 0.6 is 11.6 Å². The van der Waals surface area contributed by atoms with Gasteiger partial charge in [-0.05, 0) is 31.9 Å². The number of halogens is 1. The summed E-state index contributed by atoms with van der Waals surface area (Å²) >= 11 is 5.56. The molecule has 0 unspecified atom stereocenters. The standard InChI is InChI=1S/C12H19ClN2O2S/c1-11(2)15(18(16,17)8-4-6-13)10-12-5-3-7-14-9-12/h3,5,7,9,11H,4,6,8,10H2,1-2H3. The Kier molecular flexibility index (Phi) is 6.05. The number of nitrogens with zero attached hydrogens (tertiary/aromatic N) is 2. The van der Waals surface area contributed by atoms with Gasteiger partial charge in [-0.3, -0.25) is 4.98 Å². The van der Waals surface area contributed by atoms with Crippen LogP contribution in [0.2, 0.25) is 0 Å². The highest BCUT2D eigenvalue weighted by Gasteiger charge is 2.24. The van der Waals surface area contributed by atoms with Gasteiger partial charge in [0.25, 0.3) is 0 Å². The van der Waals surface area contributed by atoms with Crippen molar-refractivity contribution in [1.29, 1.82) is 0 Å². The van der Waals surface area contributed by atoms with Crippen LogP contribution in [0.15, 0.2) is 24.5 Å². The van der Waals surface area contributed by atoms with E-state index < -0.39 is 10.0 Å². The van der Waals surface area contributed by atoms with Crippen LogP contribution in [0.4, 0.5) is 0 Å². The van der Waals surface area contributed by atoms with Gasteiger partial charge in [0.05, 0.1) is 5.75 Å². The lowest BCUT2D eigenvalue weighted by Crippen LogP contribution is -2.38. The quantitative estimate of drug-likeness (QED) is 0.724. The number of rotatable bonds is 7. The van der Waals surface area contributed by atoms with E-state index in [1.165, 1.54) is 4.31 Å². The third-order valence-corrected chi connectivity index (χ3v) is 4.87. The maximum Gasteiger partial charge on any atom is 0.214 e. The fourth-order valence-electron chi connectivity index (χ4n) is 1.63. The lowest BCUT2D eigenvalue weighted by atomic mass is 10.2. The smallest absolute Gasteiger partial charge is 0.214 e. The Labute approximate surface area is 114 Å². The predicted octanol–water partition coefficient (Wildman–Crippen LogP) is 2.25. The average molecular weight is 291 g/mol. The van der Waals surface area contributed by atoms with E-state index in [0.29, 0.717) is 18.8 Å². The van der Waals surface area contributed by atoms with Gasteiger partial charge >= 0.3 is 0 Å². The molecule has 1 rings (SSSR count). The third kappa shape index (κ3) is 4.55. The highest BCUT2D eigenvalue weighted by molar-refractivity contribution is 7.89. The molecule has 0 radical (unpaired) electrons. The Morgan fingerprint density at radius 2 is 2.17 bits per heavy atom. The van der Waals surface area contributed by atoms with Crippen LogP contribution in [0.3, 0.4) is 0 Å². The van der Waals surface area contributed by atoms with Gasteiger partial charge in [0.1, 0.15) is 0 Å². The molecule has 0 amide bonds. The van der Waals surface area contributed by atoms with Crippen molar-refractivity contribution in [3.8, 4) is 0 Å². The first-order valence-corrected chi connectivity index (χ1v) is 8.06. The normalized spacial score (nSPS) is 12.3. The molecule has 1 aromatic rings. The van der Waals surface area contributed by atoms with Gasteiger partial charge in [0.15, 0.2) is 0 Å². The molecule has 0 aliphatic heterocycles. The van der Waals surface area contributed by atoms with Crippen LogP contribution in [0.5, 0.6) is 0 Å². The zero-order chi connectivity index (χ0) is 13.6. The molecule has 0 fully saturated rings. The van der Waals surface area contributed by atoms with Gasteiger partial charge in [-0.1, -0.05) is 6.07 Å². The molecule has 18 heavy (non-hydrogen) atoms. The van der Waals surface area contributed by atoms with Crippen molar-refractivity contribution in [2.45, 2.75) is 32.9 Å². The Hall–Kier alpha value is -0.650. The Morgan fingerprint density at radius 1 is 1.44 bits per heavy atom. The Balaban J connectivity index is 2.83. The van der Waals surface area contributed by atoms with Crippen LogP contribution < -0.4 is 0 Å². The molecule has 0 aliphatic carbocycles. The molecule has 0 saturated carbocycles. The third-order valence-electron chi connectivity index (χ3n) is 2.53. The molecule has 0 N–H and O–H groups in total. The average Bonchev–Trinajstić information content (AvgIpc) is 2.34. The second-order valence-corrected chi connectivity index (χ2v) is 6.78. The molecular weight excluding hydrogens is 272 g/mol. The van der Waals surface area contributed by atoms with Crippen molar-refractivity contribution < 1.29 is 8.42 Å². The molecular formula is C12H19ClN2O2S. The van der Waals surface area contributed by atoms with Gasteiger partial charge < -0.3 is 0 Å². The van der Waals surface area contributed by atoms with Crippen LogP contribution in [0.25, 0.3) is 0 Å². The van der Waals surface area contributed by atoms with Crippen LogP contribution in [-0.4, -0.2) is 35.4 Å². The molecule has 1 aromatic heterocycles. The first kappa shape index (κ1) is 15.4. The van der Waals surface area contributed by atoms with Crippen molar-refractivity contribution >= 4 is 21.6 Å². The fraction of sp³-hybridized carbons (Fsp3) is 0.583. The first-order chi connectivity index (χ1) is 8.47. The van der Waals surface area contributed by atoms with E-state index in [-0.39, 0.29) is 11.8 Å². The summed E-state index contributed by atoms with van der Waals surface area (Å²) in [6.45, 7) is 4.10. The number of sulfonamides is 1. The van der Waals surface area contributed by atoms with Gasteiger partial charge in [-0.25, -0.2) is 8.42 Å². The summed E-state index contributed by atoms with van der Waals surface area (Å²) in [5, 5.41) is 0. The van der Waals surface area contributed by atoms with E-state index in [1.54, 1.807) is 18.5 Å². The number of hydrogen-bond donors (Lipinski definition) is 0. The summed E-state index contributed by atoms with van der Waals surface area (Å²) in [4.78, 5) is 4.00. The maximum atomic E-state index is 12.2. The Morgan fingerprint density at radius 3 is 2.67 bits per heavy atom. The minimum absolute atomic E-state index is 0.0782. The summed E-state index contributed by atoms with van der Waals surface area (Å²) in [5.41, 5.74) is 0.889. The number of hydrogen-bond acceptors (Lipinski definition) is 3. The first-order valence-electron chi connectivity index (χ1n) is 5.91. The monoisotopic (exact) mass is 290 g/mol. The second kappa shape index (κ2) is 7.07. The summed E-state index contributed by atoms with van der Waals surface area (Å²) < 4.78 is 25.9. The van der Waals surface area contributed by atoms with Crippen molar-refractivity contribution in [2.24, 2.45) is 0 Å². The molecule has 0 saturated heterocycles. The largest absolute Gasteiger partial charge is 0.264 e. The minimum atomic E-state index is -3.26. The van der Waals surface area contributed by atoms with E-state index in [2.05, 4.69) is 4.98 Å².